The highest BCUT2D eigenvalue weighted by Gasteiger charge is 2.17. The van der Waals surface area contributed by atoms with Crippen LogP contribution in [0.4, 0.5) is 14.5 Å². The summed E-state index contributed by atoms with van der Waals surface area (Å²) in [5, 5.41) is 2.66. The summed E-state index contributed by atoms with van der Waals surface area (Å²) >= 11 is 0. The van der Waals surface area contributed by atoms with E-state index in [1.165, 1.54) is 30.6 Å². The monoisotopic (exact) mass is 448 g/mol. The number of hydrogen-bond donors (Lipinski definition) is 1. The number of rotatable bonds is 6. The smallest absolute Gasteiger partial charge is 0.258 e. The van der Waals surface area contributed by atoms with Crippen LogP contribution in [0.3, 0.4) is 0 Å². The van der Waals surface area contributed by atoms with Crippen LogP contribution in [-0.4, -0.2) is 39.4 Å². The minimum Gasteiger partial charge on any atom is -0.339 e. The summed E-state index contributed by atoms with van der Waals surface area (Å²) in [6.45, 7) is 5.01. The molecular formula is C25H22F2N4O2. The van der Waals surface area contributed by atoms with Crippen LogP contribution in [0.5, 0.6) is 0 Å². The largest absolute Gasteiger partial charge is 0.339 e. The molecule has 33 heavy (non-hydrogen) atoms. The molecule has 2 amide bonds. The van der Waals surface area contributed by atoms with Gasteiger partial charge in [-0.3, -0.25) is 14.2 Å². The van der Waals surface area contributed by atoms with Crippen LogP contribution in [0, 0.1) is 11.6 Å². The highest BCUT2D eigenvalue weighted by molar-refractivity contribution is 6.06. The maximum Gasteiger partial charge on any atom is 0.258 e. The Labute approximate surface area is 189 Å². The average molecular weight is 448 g/mol. The zero-order chi connectivity index (χ0) is 23.5. The van der Waals surface area contributed by atoms with Crippen molar-refractivity contribution in [2.75, 3.05) is 18.4 Å². The van der Waals surface area contributed by atoms with Gasteiger partial charge in [0.2, 0.25) is 0 Å². The molecule has 0 spiro atoms. The summed E-state index contributed by atoms with van der Waals surface area (Å²) in [6, 6.07) is 14.8. The zero-order valence-corrected chi connectivity index (χ0v) is 18.2. The van der Waals surface area contributed by atoms with Crippen molar-refractivity contribution in [3.8, 4) is 5.69 Å². The number of amides is 2. The molecule has 168 valence electrons. The van der Waals surface area contributed by atoms with Gasteiger partial charge >= 0.3 is 0 Å². The number of hydrogen-bond acceptors (Lipinski definition) is 3. The van der Waals surface area contributed by atoms with E-state index in [9.17, 15) is 18.4 Å². The number of aromatic nitrogens is 2. The number of carbonyl (C=O) groups excluding carboxylic acids is 2. The Balaban J connectivity index is 1.59. The highest BCUT2D eigenvalue weighted by Crippen LogP contribution is 2.23. The van der Waals surface area contributed by atoms with Crippen LogP contribution in [0.25, 0.3) is 16.7 Å². The van der Waals surface area contributed by atoms with Crippen molar-refractivity contribution in [2.45, 2.75) is 13.8 Å². The lowest BCUT2D eigenvalue weighted by Gasteiger charge is -2.18. The molecular weight excluding hydrogens is 426 g/mol. The van der Waals surface area contributed by atoms with Crippen molar-refractivity contribution >= 4 is 28.5 Å². The lowest BCUT2D eigenvalue weighted by molar-refractivity contribution is 0.0773. The van der Waals surface area contributed by atoms with E-state index in [4.69, 9.17) is 0 Å². The van der Waals surface area contributed by atoms with Crippen LogP contribution < -0.4 is 5.32 Å². The molecule has 1 aromatic heterocycles. The second kappa shape index (κ2) is 9.20. The normalized spacial score (nSPS) is 10.9. The van der Waals surface area contributed by atoms with Gasteiger partial charge in [-0.05, 0) is 68.4 Å². The maximum absolute atomic E-state index is 14.7. The molecule has 0 saturated carbocycles. The van der Waals surface area contributed by atoms with Crippen molar-refractivity contribution in [3.05, 3.63) is 89.8 Å². The summed E-state index contributed by atoms with van der Waals surface area (Å²) < 4.78 is 29.6. The van der Waals surface area contributed by atoms with Gasteiger partial charge in [-0.25, -0.2) is 13.8 Å². The summed E-state index contributed by atoms with van der Waals surface area (Å²) in [5.74, 6) is -1.82. The molecule has 1 N–H and O–H groups in total. The Morgan fingerprint density at radius 2 is 1.64 bits per heavy atom. The van der Waals surface area contributed by atoms with Gasteiger partial charge in [0.15, 0.2) is 0 Å². The van der Waals surface area contributed by atoms with E-state index in [2.05, 4.69) is 10.3 Å². The third kappa shape index (κ3) is 4.45. The SMILES string of the molecule is CCN(CC)C(=O)c1ccc(NC(=O)c2cc3c(cc2F)ncn3-c2ccc(F)cc2)cc1. The molecule has 4 aromatic rings. The average Bonchev–Trinajstić information content (AvgIpc) is 3.22. The minimum atomic E-state index is -0.710. The summed E-state index contributed by atoms with van der Waals surface area (Å²) in [6.07, 6.45) is 1.49. The van der Waals surface area contributed by atoms with Crippen molar-refractivity contribution in [1.82, 2.24) is 14.5 Å². The van der Waals surface area contributed by atoms with Crippen molar-refractivity contribution < 1.29 is 18.4 Å². The van der Waals surface area contributed by atoms with Crippen LogP contribution in [0.1, 0.15) is 34.6 Å². The molecule has 0 bridgehead atoms. The third-order valence-electron chi connectivity index (χ3n) is 5.43. The third-order valence-corrected chi connectivity index (χ3v) is 5.43. The first-order valence-corrected chi connectivity index (χ1v) is 10.5. The summed E-state index contributed by atoms with van der Waals surface area (Å²) in [7, 11) is 0. The number of nitrogens with zero attached hydrogens (tertiary/aromatic N) is 3. The zero-order valence-electron chi connectivity index (χ0n) is 18.2. The fourth-order valence-corrected chi connectivity index (χ4v) is 3.60. The molecule has 0 saturated heterocycles. The van der Waals surface area contributed by atoms with E-state index < -0.39 is 11.7 Å². The Morgan fingerprint density at radius 1 is 0.970 bits per heavy atom. The fourth-order valence-electron chi connectivity index (χ4n) is 3.60. The standard InChI is InChI=1S/C25H22F2N4O2/c1-3-30(4-2)25(33)16-5-9-18(10-6-16)29-24(32)20-13-23-22(14-21(20)27)28-15-31(23)19-11-7-17(26)8-12-19/h5-15H,3-4H2,1-2H3,(H,29,32). The van der Waals surface area contributed by atoms with Crippen LogP contribution in [-0.2, 0) is 0 Å². The predicted octanol–water partition coefficient (Wildman–Crippen LogP) is 5.04. The van der Waals surface area contributed by atoms with Gasteiger partial charge in [0, 0.05) is 36.1 Å². The van der Waals surface area contributed by atoms with Gasteiger partial charge in [0.25, 0.3) is 11.8 Å². The summed E-state index contributed by atoms with van der Waals surface area (Å²) in [4.78, 5) is 31.1. The van der Waals surface area contributed by atoms with Crippen molar-refractivity contribution in [1.29, 1.82) is 0 Å². The predicted molar refractivity (Wildman–Crippen MR) is 123 cm³/mol. The molecule has 0 aliphatic rings. The van der Waals surface area contributed by atoms with E-state index in [1.807, 2.05) is 13.8 Å². The van der Waals surface area contributed by atoms with Gasteiger partial charge < -0.3 is 10.2 Å². The van der Waals surface area contributed by atoms with Gasteiger partial charge in [-0.1, -0.05) is 0 Å². The molecule has 0 unspecified atom stereocenters. The van der Waals surface area contributed by atoms with E-state index in [0.717, 1.165) is 0 Å². The van der Waals surface area contributed by atoms with E-state index >= 15 is 0 Å². The lowest BCUT2D eigenvalue weighted by atomic mass is 10.1. The molecule has 0 aliphatic carbocycles. The summed E-state index contributed by atoms with van der Waals surface area (Å²) in [5.41, 5.74) is 2.29. The molecule has 3 aromatic carbocycles. The maximum atomic E-state index is 14.7. The van der Waals surface area contributed by atoms with Gasteiger partial charge in [0.05, 0.1) is 16.6 Å². The Hall–Kier alpha value is -4.07. The number of carbonyl (C=O) groups is 2. The number of benzene rings is 3. The van der Waals surface area contributed by atoms with Gasteiger partial charge in [0.1, 0.15) is 18.0 Å². The fraction of sp³-hybridized carbons (Fsp3) is 0.160. The Kier molecular flexibility index (Phi) is 6.17. The molecule has 0 atom stereocenters. The molecule has 0 radical (unpaired) electrons. The quantitative estimate of drug-likeness (QED) is 0.450. The second-order valence-electron chi connectivity index (χ2n) is 7.42. The molecule has 6 nitrogen and oxygen atoms in total. The van der Waals surface area contributed by atoms with Gasteiger partial charge in [-0.2, -0.15) is 0 Å². The van der Waals surface area contributed by atoms with E-state index in [0.29, 0.717) is 41.1 Å². The molecule has 8 heteroatoms. The molecule has 4 rings (SSSR count). The van der Waals surface area contributed by atoms with E-state index in [1.54, 1.807) is 45.9 Å². The van der Waals surface area contributed by atoms with Crippen LogP contribution >= 0.6 is 0 Å². The number of nitrogens with one attached hydrogen (secondary N) is 1. The van der Waals surface area contributed by atoms with Crippen LogP contribution in [0.15, 0.2) is 67.0 Å². The first-order valence-electron chi connectivity index (χ1n) is 10.5. The minimum absolute atomic E-state index is 0.0940. The number of fused-ring (bicyclic) bond motifs is 1. The van der Waals surface area contributed by atoms with E-state index in [-0.39, 0.29) is 17.3 Å². The molecule has 0 aliphatic heterocycles. The topological polar surface area (TPSA) is 67.2 Å². The first kappa shape index (κ1) is 22.1. The number of halogens is 2. The number of imidazole rings is 1. The molecule has 1 heterocycles. The Morgan fingerprint density at radius 3 is 2.27 bits per heavy atom. The van der Waals surface area contributed by atoms with Crippen molar-refractivity contribution in [3.63, 3.8) is 0 Å². The highest BCUT2D eigenvalue weighted by atomic mass is 19.1. The second-order valence-corrected chi connectivity index (χ2v) is 7.42. The Bertz CT molecular complexity index is 1310. The lowest BCUT2D eigenvalue weighted by Crippen LogP contribution is -2.30. The van der Waals surface area contributed by atoms with Crippen LogP contribution in [0.2, 0.25) is 0 Å². The molecule has 0 fully saturated rings. The van der Waals surface area contributed by atoms with Crippen molar-refractivity contribution in [2.24, 2.45) is 0 Å². The van der Waals surface area contributed by atoms with Gasteiger partial charge in [-0.15, -0.1) is 0 Å². The number of anilines is 1. The first-order chi connectivity index (χ1) is 15.9.